The van der Waals surface area contributed by atoms with Crippen LogP contribution in [-0.2, 0) is 4.74 Å². The molecule has 1 aliphatic rings. The molecule has 4 nitrogen and oxygen atoms in total. The zero-order valence-corrected chi connectivity index (χ0v) is 10.7. The maximum absolute atomic E-state index is 11.8. The second kappa shape index (κ2) is 5.04. The lowest BCUT2D eigenvalue weighted by Crippen LogP contribution is -2.37. The van der Waals surface area contributed by atoms with E-state index in [1.165, 1.54) is 0 Å². The van der Waals surface area contributed by atoms with Gasteiger partial charge >= 0.3 is 6.09 Å². The second-order valence-corrected chi connectivity index (χ2v) is 5.59. The maximum atomic E-state index is 11.8. The van der Waals surface area contributed by atoms with E-state index in [-0.39, 0.29) is 18.1 Å². The van der Waals surface area contributed by atoms with Crippen LogP contribution in [-0.4, -0.2) is 40.9 Å². The number of aliphatic hydroxyl groups excluding tert-OH is 1. The van der Waals surface area contributed by atoms with Crippen molar-refractivity contribution in [3.63, 3.8) is 0 Å². The summed E-state index contributed by atoms with van der Waals surface area (Å²) in [5, 5.41) is 9.71. The molecular formula is C12H23NO3. The van der Waals surface area contributed by atoms with Crippen molar-refractivity contribution in [1.82, 2.24) is 4.90 Å². The van der Waals surface area contributed by atoms with Crippen molar-refractivity contribution < 1.29 is 14.6 Å². The summed E-state index contributed by atoms with van der Waals surface area (Å²) in [5.41, 5.74) is -0.451. The average molecular weight is 229 g/mol. The van der Waals surface area contributed by atoms with Crippen molar-refractivity contribution in [2.75, 3.05) is 13.1 Å². The van der Waals surface area contributed by atoms with E-state index in [0.29, 0.717) is 19.5 Å². The Labute approximate surface area is 97.6 Å². The Hall–Kier alpha value is -0.770. The summed E-state index contributed by atoms with van der Waals surface area (Å²) in [6.45, 7) is 8.86. The predicted molar refractivity (Wildman–Crippen MR) is 62.2 cm³/mol. The molecule has 1 heterocycles. The topological polar surface area (TPSA) is 49.8 Å². The minimum Gasteiger partial charge on any atom is -0.444 e. The number of hydrogen-bond donors (Lipinski definition) is 1. The molecule has 0 aromatic heterocycles. The zero-order valence-electron chi connectivity index (χ0n) is 10.7. The van der Waals surface area contributed by atoms with Crippen LogP contribution in [0.1, 0.15) is 40.5 Å². The molecule has 0 saturated carbocycles. The summed E-state index contributed by atoms with van der Waals surface area (Å²) >= 11 is 0. The van der Waals surface area contributed by atoms with Gasteiger partial charge in [0, 0.05) is 13.1 Å². The van der Waals surface area contributed by atoms with Gasteiger partial charge in [-0.25, -0.2) is 4.79 Å². The molecule has 1 aliphatic heterocycles. The molecule has 1 saturated heterocycles. The van der Waals surface area contributed by atoms with Crippen LogP contribution in [0.5, 0.6) is 0 Å². The number of likely N-dealkylation sites (tertiary alicyclic amines) is 1. The van der Waals surface area contributed by atoms with Crippen LogP contribution in [0.3, 0.4) is 0 Å². The number of rotatable bonds is 0. The molecule has 0 aliphatic carbocycles. The van der Waals surface area contributed by atoms with Gasteiger partial charge in [-0.05, 0) is 39.5 Å². The molecule has 0 aromatic carbocycles. The summed E-state index contributed by atoms with van der Waals surface area (Å²) in [6, 6.07) is 0. The van der Waals surface area contributed by atoms with E-state index in [4.69, 9.17) is 4.74 Å². The van der Waals surface area contributed by atoms with Gasteiger partial charge in [-0.1, -0.05) is 6.92 Å². The number of nitrogens with zero attached hydrogens (tertiary/aromatic N) is 1. The van der Waals surface area contributed by atoms with Gasteiger partial charge in [0.1, 0.15) is 5.60 Å². The standard InChI is InChI=1S/C12H23NO3/c1-9-5-7-13(8-6-10(9)14)11(15)16-12(2,3)4/h9-10,14H,5-8H2,1-4H3/t9-,10+/m0/s1. The van der Waals surface area contributed by atoms with Crippen LogP contribution in [0, 0.1) is 5.92 Å². The van der Waals surface area contributed by atoms with Gasteiger partial charge < -0.3 is 14.7 Å². The molecule has 0 aromatic rings. The van der Waals surface area contributed by atoms with Gasteiger partial charge in [-0.3, -0.25) is 0 Å². The third kappa shape index (κ3) is 4.00. The van der Waals surface area contributed by atoms with Crippen LogP contribution in [0.25, 0.3) is 0 Å². The molecule has 0 spiro atoms. The largest absolute Gasteiger partial charge is 0.444 e. The Morgan fingerprint density at radius 3 is 2.44 bits per heavy atom. The lowest BCUT2D eigenvalue weighted by atomic mass is 10.0. The normalized spacial score (nSPS) is 27.4. The zero-order chi connectivity index (χ0) is 12.3. The first-order chi connectivity index (χ1) is 7.29. The first kappa shape index (κ1) is 13.3. The number of amides is 1. The van der Waals surface area contributed by atoms with Gasteiger partial charge in [-0.2, -0.15) is 0 Å². The van der Waals surface area contributed by atoms with Crippen molar-refractivity contribution >= 4 is 6.09 Å². The first-order valence-electron chi connectivity index (χ1n) is 5.95. The molecule has 0 radical (unpaired) electrons. The quantitative estimate of drug-likeness (QED) is 0.691. The molecule has 1 rings (SSSR count). The number of carbonyl (C=O) groups excluding carboxylic acids is 1. The Morgan fingerprint density at radius 2 is 1.88 bits per heavy atom. The minimum atomic E-state index is -0.451. The van der Waals surface area contributed by atoms with Crippen molar-refractivity contribution in [1.29, 1.82) is 0 Å². The Kier molecular flexibility index (Phi) is 4.19. The van der Waals surface area contributed by atoms with E-state index in [0.717, 1.165) is 6.42 Å². The van der Waals surface area contributed by atoms with E-state index < -0.39 is 5.60 Å². The van der Waals surface area contributed by atoms with E-state index >= 15 is 0 Å². The summed E-state index contributed by atoms with van der Waals surface area (Å²) in [6.07, 6.45) is 0.905. The molecule has 16 heavy (non-hydrogen) atoms. The predicted octanol–water partition coefficient (Wildman–Crippen LogP) is 2.01. The second-order valence-electron chi connectivity index (χ2n) is 5.59. The highest BCUT2D eigenvalue weighted by Crippen LogP contribution is 2.19. The van der Waals surface area contributed by atoms with Crippen molar-refractivity contribution in [3.05, 3.63) is 0 Å². The van der Waals surface area contributed by atoms with Gasteiger partial charge in [0.25, 0.3) is 0 Å². The Balaban J connectivity index is 2.51. The number of carbonyl (C=O) groups is 1. The molecule has 94 valence electrons. The number of aliphatic hydroxyl groups is 1. The van der Waals surface area contributed by atoms with Crippen LogP contribution >= 0.6 is 0 Å². The lowest BCUT2D eigenvalue weighted by Gasteiger charge is -2.26. The Bertz CT molecular complexity index is 235. The highest BCUT2D eigenvalue weighted by molar-refractivity contribution is 5.68. The van der Waals surface area contributed by atoms with E-state index in [9.17, 15) is 9.90 Å². The minimum absolute atomic E-state index is 0.257. The summed E-state index contributed by atoms with van der Waals surface area (Å²) in [5.74, 6) is 0.257. The van der Waals surface area contributed by atoms with Crippen molar-refractivity contribution in [2.24, 2.45) is 5.92 Å². The van der Waals surface area contributed by atoms with E-state index in [1.807, 2.05) is 27.7 Å². The Morgan fingerprint density at radius 1 is 1.31 bits per heavy atom. The van der Waals surface area contributed by atoms with Crippen LogP contribution in [0.2, 0.25) is 0 Å². The molecule has 0 unspecified atom stereocenters. The monoisotopic (exact) mass is 229 g/mol. The van der Waals surface area contributed by atoms with Gasteiger partial charge in [0.2, 0.25) is 0 Å². The summed E-state index contributed by atoms with van der Waals surface area (Å²) < 4.78 is 5.31. The van der Waals surface area contributed by atoms with Crippen LogP contribution in [0.15, 0.2) is 0 Å². The van der Waals surface area contributed by atoms with Crippen molar-refractivity contribution in [2.45, 2.75) is 52.2 Å². The molecule has 1 fully saturated rings. The molecule has 4 heteroatoms. The summed E-state index contributed by atoms with van der Waals surface area (Å²) in [4.78, 5) is 13.5. The van der Waals surface area contributed by atoms with Gasteiger partial charge in [-0.15, -0.1) is 0 Å². The fourth-order valence-corrected chi connectivity index (χ4v) is 1.75. The molecule has 0 bridgehead atoms. The van der Waals surface area contributed by atoms with E-state index in [2.05, 4.69) is 0 Å². The molecule has 1 amide bonds. The number of hydrogen-bond acceptors (Lipinski definition) is 3. The summed E-state index contributed by atoms with van der Waals surface area (Å²) in [7, 11) is 0. The molecular weight excluding hydrogens is 206 g/mol. The lowest BCUT2D eigenvalue weighted by molar-refractivity contribution is 0.0251. The maximum Gasteiger partial charge on any atom is 0.410 e. The average Bonchev–Trinajstić information content (AvgIpc) is 2.28. The fourth-order valence-electron chi connectivity index (χ4n) is 1.75. The van der Waals surface area contributed by atoms with Gasteiger partial charge in [0.15, 0.2) is 0 Å². The first-order valence-corrected chi connectivity index (χ1v) is 5.95. The van der Waals surface area contributed by atoms with Crippen LogP contribution in [0.4, 0.5) is 4.79 Å². The van der Waals surface area contributed by atoms with E-state index in [1.54, 1.807) is 4.90 Å². The molecule has 1 N–H and O–H groups in total. The SMILES string of the molecule is C[C@H]1CCN(C(=O)OC(C)(C)C)CC[C@H]1O. The molecule has 2 atom stereocenters. The fraction of sp³-hybridized carbons (Fsp3) is 0.917. The third-order valence-corrected chi connectivity index (χ3v) is 2.86. The smallest absolute Gasteiger partial charge is 0.410 e. The third-order valence-electron chi connectivity index (χ3n) is 2.86. The number of ether oxygens (including phenoxy) is 1. The van der Waals surface area contributed by atoms with Gasteiger partial charge in [0.05, 0.1) is 6.10 Å². The van der Waals surface area contributed by atoms with Crippen LogP contribution < -0.4 is 0 Å². The highest BCUT2D eigenvalue weighted by atomic mass is 16.6. The van der Waals surface area contributed by atoms with Crippen molar-refractivity contribution in [3.8, 4) is 0 Å². The highest BCUT2D eigenvalue weighted by Gasteiger charge is 2.27.